The summed E-state index contributed by atoms with van der Waals surface area (Å²) < 4.78 is 32.3. The standard InChI is InChI=1S/C20H25N3O6S/c21-12-4-5-13-29-16-10-8-15(9-11-16)19(24)22-14-18(20(25)26)23-30(27,28)17-6-2-1-3-7-17/h1-3,6-11,18,23H,4-5,12-14,21H2,(H,22,24)(H,25,26)/t18-/m0/s1. The quantitative estimate of drug-likeness (QED) is 0.363. The van der Waals surface area contributed by atoms with E-state index in [9.17, 15) is 23.1 Å². The summed E-state index contributed by atoms with van der Waals surface area (Å²) in [5.41, 5.74) is 5.71. The van der Waals surface area contributed by atoms with E-state index in [1.165, 1.54) is 36.4 Å². The van der Waals surface area contributed by atoms with Gasteiger partial charge in [-0.3, -0.25) is 9.59 Å². The molecular formula is C20H25N3O6S. The van der Waals surface area contributed by atoms with E-state index >= 15 is 0 Å². The van der Waals surface area contributed by atoms with Crippen LogP contribution in [0.25, 0.3) is 0 Å². The minimum atomic E-state index is -4.04. The molecule has 0 aliphatic heterocycles. The van der Waals surface area contributed by atoms with Crippen LogP contribution in [-0.2, 0) is 14.8 Å². The lowest BCUT2D eigenvalue weighted by Gasteiger charge is -2.16. The molecule has 2 aromatic rings. The molecule has 162 valence electrons. The van der Waals surface area contributed by atoms with Crippen LogP contribution in [0, 0.1) is 0 Å². The van der Waals surface area contributed by atoms with Crippen molar-refractivity contribution in [2.45, 2.75) is 23.8 Å². The van der Waals surface area contributed by atoms with Gasteiger partial charge in [-0.2, -0.15) is 4.72 Å². The molecule has 0 fully saturated rings. The summed E-state index contributed by atoms with van der Waals surface area (Å²) >= 11 is 0. The number of nitrogens with one attached hydrogen (secondary N) is 2. The molecule has 0 saturated heterocycles. The minimum absolute atomic E-state index is 0.0652. The number of nitrogens with two attached hydrogens (primary N) is 1. The van der Waals surface area contributed by atoms with Gasteiger partial charge in [-0.05, 0) is 55.8 Å². The second-order valence-electron chi connectivity index (χ2n) is 6.40. The van der Waals surface area contributed by atoms with Crippen LogP contribution in [-0.4, -0.2) is 51.1 Å². The number of sulfonamides is 1. The van der Waals surface area contributed by atoms with E-state index in [0.717, 1.165) is 12.8 Å². The van der Waals surface area contributed by atoms with Crippen molar-refractivity contribution in [3.63, 3.8) is 0 Å². The maximum absolute atomic E-state index is 12.3. The zero-order valence-corrected chi connectivity index (χ0v) is 17.1. The maximum Gasteiger partial charge on any atom is 0.323 e. The summed E-state index contributed by atoms with van der Waals surface area (Å²) in [5, 5.41) is 11.8. The molecule has 1 amide bonds. The Labute approximate surface area is 175 Å². The molecule has 0 aromatic heterocycles. The topological polar surface area (TPSA) is 148 Å². The Morgan fingerprint density at radius 2 is 1.70 bits per heavy atom. The van der Waals surface area contributed by atoms with Crippen LogP contribution >= 0.6 is 0 Å². The average molecular weight is 436 g/mol. The number of hydrogen-bond donors (Lipinski definition) is 4. The number of rotatable bonds is 12. The van der Waals surface area contributed by atoms with Crippen LogP contribution in [0.3, 0.4) is 0 Å². The number of carboxylic acids is 1. The first-order valence-electron chi connectivity index (χ1n) is 9.35. The van der Waals surface area contributed by atoms with Crippen molar-refractivity contribution in [3.05, 3.63) is 60.2 Å². The number of carboxylic acid groups (broad SMARTS) is 1. The van der Waals surface area contributed by atoms with Crippen LogP contribution in [0.2, 0.25) is 0 Å². The van der Waals surface area contributed by atoms with Crippen molar-refractivity contribution in [2.75, 3.05) is 19.7 Å². The Morgan fingerprint density at radius 1 is 1.03 bits per heavy atom. The molecule has 0 spiro atoms. The Hall–Kier alpha value is -2.95. The number of aliphatic carboxylic acids is 1. The van der Waals surface area contributed by atoms with Crippen molar-refractivity contribution < 1.29 is 27.9 Å². The number of hydrogen-bond acceptors (Lipinski definition) is 6. The summed E-state index contributed by atoms with van der Waals surface area (Å²) in [6, 6.07) is 12.2. The van der Waals surface area contributed by atoms with Crippen molar-refractivity contribution in [1.82, 2.24) is 10.0 Å². The van der Waals surface area contributed by atoms with E-state index in [1.54, 1.807) is 18.2 Å². The molecule has 1 atom stereocenters. The molecule has 0 aliphatic rings. The molecule has 0 aliphatic carbocycles. The summed E-state index contributed by atoms with van der Waals surface area (Å²) in [5.74, 6) is -1.34. The molecule has 5 N–H and O–H groups in total. The fourth-order valence-corrected chi connectivity index (χ4v) is 3.68. The number of unbranched alkanes of at least 4 members (excludes halogenated alkanes) is 1. The highest BCUT2D eigenvalue weighted by molar-refractivity contribution is 7.89. The molecular weight excluding hydrogens is 410 g/mol. The first kappa shape index (κ1) is 23.3. The number of benzene rings is 2. The van der Waals surface area contributed by atoms with E-state index < -0.39 is 34.5 Å². The highest BCUT2D eigenvalue weighted by Crippen LogP contribution is 2.13. The second kappa shape index (κ2) is 11.3. The molecule has 2 aromatic carbocycles. The van der Waals surface area contributed by atoms with Gasteiger partial charge in [-0.15, -0.1) is 0 Å². The third-order valence-electron chi connectivity index (χ3n) is 4.10. The predicted molar refractivity (Wildman–Crippen MR) is 111 cm³/mol. The van der Waals surface area contributed by atoms with Gasteiger partial charge in [0.25, 0.3) is 5.91 Å². The summed E-state index contributed by atoms with van der Waals surface area (Å²) in [6.07, 6.45) is 1.69. The van der Waals surface area contributed by atoms with Gasteiger partial charge in [-0.1, -0.05) is 18.2 Å². The molecule has 0 bridgehead atoms. The van der Waals surface area contributed by atoms with Crippen molar-refractivity contribution in [2.24, 2.45) is 5.73 Å². The lowest BCUT2D eigenvalue weighted by atomic mass is 10.2. The van der Waals surface area contributed by atoms with Crippen molar-refractivity contribution in [1.29, 1.82) is 0 Å². The van der Waals surface area contributed by atoms with Crippen LogP contribution in [0.15, 0.2) is 59.5 Å². The summed E-state index contributed by atoms with van der Waals surface area (Å²) in [7, 11) is -4.04. The Balaban J connectivity index is 1.93. The van der Waals surface area contributed by atoms with Gasteiger partial charge in [0, 0.05) is 12.1 Å². The van der Waals surface area contributed by atoms with E-state index in [2.05, 4.69) is 10.0 Å². The van der Waals surface area contributed by atoms with Crippen LogP contribution in [0.5, 0.6) is 5.75 Å². The maximum atomic E-state index is 12.3. The van der Waals surface area contributed by atoms with Gasteiger partial charge < -0.3 is 20.9 Å². The molecule has 9 nitrogen and oxygen atoms in total. The normalized spacial score (nSPS) is 12.2. The number of amides is 1. The van der Waals surface area contributed by atoms with E-state index in [4.69, 9.17) is 10.5 Å². The molecule has 2 rings (SSSR count). The smallest absolute Gasteiger partial charge is 0.323 e. The van der Waals surface area contributed by atoms with E-state index in [0.29, 0.717) is 24.5 Å². The Kier molecular flexibility index (Phi) is 8.78. The van der Waals surface area contributed by atoms with Gasteiger partial charge in [0.15, 0.2) is 0 Å². The molecule has 0 radical (unpaired) electrons. The van der Waals surface area contributed by atoms with Crippen molar-refractivity contribution >= 4 is 21.9 Å². The van der Waals surface area contributed by atoms with E-state index in [1.807, 2.05) is 0 Å². The molecule has 0 saturated carbocycles. The lowest BCUT2D eigenvalue weighted by Crippen LogP contribution is -2.48. The summed E-state index contributed by atoms with van der Waals surface area (Å²) in [6.45, 7) is 0.698. The monoisotopic (exact) mass is 435 g/mol. The second-order valence-corrected chi connectivity index (χ2v) is 8.12. The van der Waals surface area contributed by atoms with Gasteiger partial charge in [0.1, 0.15) is 11.8 Å². The zero-order valence-electron chi connectivity index (χ0n) is 16.3. The molecule has 0 heterocycles. The SMILES string of the molecule is NCCCCOc1ccc(C(=O)NC[C@H](NS(=O)(=O)c2ccccc2)C(=O)O)cc1. The third kappa shape index (κ3) is 7.14. The van der Waals surface area contributed by atoms with Gasteiger partial charge >= 0.3 is 5.97 Å². The highest BCUT2D eigenvalue weighted by Gasteiger charge is 2.25. The molecule has 30 heavy (non-hydrogen) atoms. The molecule has 0 unspecified atom stereocenters. The van der Waals surface area contributed by atoms with E-state index in [-0.39, 0.29) is 4.90 Å². The van der Waals surface area contributed by atoms with Gasteiger partial charge in [0.2, 0.25) is 10.0 Å². The fourth-order valence-electron chi connectivity index (χ4n) is 2.47. The van der Waals surface area contributed by atoms with Crippen LogP contribution in [0.1, 0.15) is 23.2 Å². The fraction of sp³-hybridized carbons (Fsp3) is 0.300. The largest absolute Gasteiger partial charge is 0.494 e. The van der Waals surface area contributed by atoms with Gasteiger partial charge in [-0.25, -0.2) is 8.42 Å². The third-order valence-corrected chi connectivity index (χ3v) is 5.59. The Bertz CT molecular complexity index is 933. The van der Waals surface area contributed by atoms with Gasteiger partial charge in [0.05, 0.1) is 11.5 Å². The van der Waals surface area contributed by atoms with Crippen molar-refractivity contribution in [3.8, 4) is 5.75 Å². The lowest BCUT2D eigenvalue weighted by molar-refractivity contribution is -0.138. The molecule has 10 heteroatoms. The predicted octanol–water partition coefficient (Wildman–Crippen LogP) is 0.966. The first-order valence-corrected chi connectivity index (χ1v) is 10.8. The number of carbonyl (C=O) groups is 2. The summed E-state index contributed by atoms with van der Waals surface area (Å²) in [4.78, 5) is 23.7. The van der Waals surface area contributed by atoms with Crippen LogP contribution < -0.4 is 20.5 Å². The number of ether oxygens (including phenoxy) is 1. The Morgan fingerprint density at radius 3 is 2.30 bits per heavy atom. The number of carbonyl (C=O) groups excluding carboxylic acids is 1. The first-order chi connectivity index (χ1) is 14.3. The average Bonchev–Trinajstić information content (AvgIpc) is 2.75. The highest BCUT2D eigenvalue weighted by atomic mass is 32.2. The minimum Gasteiger partial charge on any atom is -0.494 e. The zero-order chi connectivity index (χ0) is 22.0. The van der Waals surface area contributed by atoms with Crippen LogP contribution in [0.4, 0.5) is 0 Å².